The second-order valence-electron chi connectivity index (χ2n) is 5.47. The Hall–Kier alpha value is -2.04. The van der Waals surface area contributed by atoms with E-state index in [4.69, 9.17) is 0 Å². The Morgan fingerprint density at radius 1 is 1.40 bits per heavy atom. The van der Waals surface area contributed by atoms with Crippen molar-refractivity contribution in [3.05, 3.63) is 29.8 Å². The number of carbonyl (C=O) groups excluding carboxylic acids is 1. The fourth-order valence-corrected chi connectivity index (χ4v) is 2.42. The summed E-state index contributed by atoms with van der Waals surface area (Å²) in [4.78, 5) is 25.1. The number of para-hydroxylation sites is 1. The molecule has 0 spiro atoms. The third-order valence-corrected chi connectivity index (χ3v) is 3.45. The van der Waals surface area contributed by atoms with Crippen LogP contribution in [0.1, 0.15) is 31.7 Å². The highest BCUT2D eigenvalue weighted by atomic mass is 16.4. The van der Waals surface area contributed by atoms with Crippen LogP contribution in [0.15, 0.2) is 24.3 Å². The number of nitrogens with zero attached hydrogens (tertiary/aromatic N) is 1. The van der Waals surface area contributed by atoms with Crippen LogP contribution >= 0.6 is 0 Å². The number of anilines is 1. The Balaban J connectivity index is 2.23. The van der Waals surface area contributed by atoms with Gasteiger partial charge in [-0.2, -0.15) is 0 Å². The van der Waals surface area contributed by atoms with Crippen LogP contribution in [0.4, 0.5) is 10.5 Å². The monoisotopic (exact) mass is 276 g/mol. The number of carboxylic acids is 1. The molecule has 0 saturated carbocycles. The van der Waals surface area contributed by atoms with Crippen molar-refractivity contribution in [2.24, 2.45) is 5.92 Å². The van der Waals surface area contributed by atoms with Crippen LogP contribution in [0.25, 0.3) is 0 Å². The van der Waals surface area contributed by atoms with Crippen LogP contribution in [0, 0.1) is 5.92 Å². The van der Waals surface area contributed by atoms with E-state index >= 15 is 0 Å². The van der Waals surface area contributed by atoms with Crippen LogP contribution in [-0.2, 0) is 4.79 Å². The van der Waals surface area contributed by atoms with E-state index in [0.717, 1.165) is 0 Å². The topological polar surface area (TPSA) is 69.6 Å². The van der Waals surface area contributed by atoms with Crippen molar-refractivity contribution in [1.82, 2.24) is 5.32 Å². The molecule has 1 unspecified atom stereocenters. The van der Waals surface area contributed by atoms with Crippen molar-refractivity contribution >= 4 is 17.7 Å². The minimum Gasteiger partial charge on any atom is -0.481 e. The first-order valence-corrected chi connectivity index (χ1v) is 6.87. The average Bonchev–Trinajstić information content (AvgIpc) is 2.43. The summed E-state index contributed by atoms with van der Waals surface area (Å²) in [7, 11) is 0. The van der Waals surface area contributed by atoms with Crippen LogP contribution in [0.3, 0.4) is 0 Å². The number of nitrogens with one attached hydrogen (secondary N) is 1. The molecule has 0 bridgehead atoms. The number of amides is 2. The van der Waals surface area contributed by atoms with Crippen molar-refractivity contribution < 1.29 is 14.7 Å². The number of aliphatic carboxylic acids is 1. The molecule has 0 saturated heterocycles. The second kappa shape index (κ2) is 5.94. The van der Waals surface area contributed by atoms with Gasteiger partial charge >= 0.3 is 12.0 Å². The second-order valence-corrected chi connectivity index (χ2v) is 5.47. The molecule has 2 N–H and O–H groups in total. The van der Waals surface area contributed by atoms with Gasteiger partial charge in [-0.1, -0.05) is 32.0 Å². The maximum absolute atomic E-state index is 12.2. The van der Waals surface area contributed by atoms with Gasteiger partial charge < -0.3 is 10.4 Å². The number of hydrogen-bond donors (Lipinski definition) is 2. The molecule has 0 aromatic heterocycles. The molecule has 1 heterocycles. The first kappa shape index (κ1) is 14.4. The van der Waals surface area contributed by atoms with E-state index in [-0.39, 0.29) is 6.03 Å². The van der Waals surface area contributed by atoms with Gasteiger partial charge in [-0.15, -0.1) is 0 Å². The predicted octanol–water partition coefficient (Wildman–Crippen LogP) is 2.43. The minimum absolute atomic E-state index is 0.157. The lowest BCUT2D eigenvalue weighted by atomic mass is 9.90. The van der Waals surface area contributed by atoms with Gasteiger partial charge in [0.1, 0.15) is 0 Å². The van der Waals surface area contributed by atoms with Gasteiger partial charge in [0.05, 0.1) is 5.92 Å². The molecule has 1 aliphatic rings. The summed E-state index contributed by atoms with van der Waals surface area (Å²) in [6.07, 6.45) is 0.446. The molecule has 20 heavy (non-hydrogen) atoms. The molecule has 2 amide bonds. The van der Waals surface area contributed by atoms with Gasteiger partial charge in [0.25, 0.3) is 0 Å². The zero-order valence-corrected chi connectivity index (χ0v) is 11.8. The normalized spacial score (nSPS) is 17.8. The highest BCUT2D eigenvalue weighted by Gasteiger charge is 2.32. The first-order chi connectivity index (χ1) is 9.50. The zero-order chi connectivity index (χ0) is 14.7. The third-order valence-electron chi connectivity index (χ3n) is 3.45. The van der Waals surface area contributed by atoms with Crippen molar-refractivity contribution in [3.63, 3.8) is 0 Å². The first-order valence-electron chi connectivity index (χ1n) is 6.87. The van der Waals surface area contributed by atoms with E-state index in [1.54, 1.807) is 17.0 Å². The van der Waals surface area contributed by atoms with Crippen LogP contribution in [0.5, 0.6) is 0 Å². The standard InChI is InChI=1S/C15H20N2O3/c1-10(2)9-16-15(20)17-8-7-12(14(18)19)11-5-3-4-6-13(11)17/h3-6,10,12H,7-9H2,1-2H3,(H,16,20)(H,18,19). The molecule has 0 aliphatic carbocycles. The average molecular weight is 276 g/mol. The van der Waals surface area contributed by atoms with Gasteiger partial charge in [-0.3, -0.25) is 9.69 Å². The zero-order valence-electron chi connectivity index (χ0n) is 11.8. The van der Waals surface area contributed by atoms with Gasteiger partial charge in [-0.05, 0) is 24.0 Å². The lowest BCUT2D eigenvalue weighted by Gasteiger charge is -2.32. The van der Waals surface area contributed by atoms with Crippen molar-refractivity contribution in [1.29, 1.82) is 0 Å². The van der Waals surface area contributed by atoms with E-state index in [1.807, 2.05) is 26.0 Å². The lowest BCUT2D eigenvalue weighted by molar-refractivity contribution is -0.139. The highest BCUT2D eigenvalue weighted by Crippen LogP contribution is 2.35. The summed E-state index contributed by atoms with van der Waals surface area (Å²) < 4.78 is 0. The fourth-order valence-electron chi connectivity index (χ4n) is 2.42. The summed E-state index contributed by atoms with van der Waals surface area (Å²) in [5, 5.41) is 12.1. The van der Waals surface area contributed by atoms with E-state index in [1.165, 1.54) is 0 Å². The Bertz CT molecular complexity index is 514. The van der Waals surface area contributed by atoms with E-state index < -0.39 is 11.9 Å². The van der Waals surface area contributed by atoms with Crippen molar-refractivity contribution in [2.45, 2.75) is 26.2 Å². The number of rotatable bonds is 3. The molecule has 0 fully saturated rings. The summed E-state index contributed by atoms with van der Waals surface area (Å²) >= 11 is 0. The molecular weight excluding hydrogens is 256 g/mol. The third kappa shape index (κ3) is 2.92. The molecule has 1 atom stereocenters. The SMILES string of the molecule is CC(C)CNC(=O)N1CCC(C(=O)O)c2ccccc21. The van der Waals surface area contributed by atoms with E-state index in [9.17, 15) is 14.7 Å². The van der Waals surface area contributed by atoms with Crippen molar-refractivity contribution in [3.8, 4) is 0 Å². The number of carbonyl (C=O) groups is 2. The Kier molecular flexibility index (Phi) is 4.27. The fraction of sp³-hybridized carbons (Fsp3) is 0.467. The number of benzene rings is 1. The number of hydrogen-bond acceptors (Lipinski definition) is 2. The van der Waals surface area contributed by atoms with Gasteiger partial charge in [0.2, 0.25) is 0 Å². The molecule has 1 aromatic carbocycles. The van der Waals surface area contributed by atoms with Crippen LogP contribution in [-0.4, -0.2) is 30.2 Å². The van der Waals surface area contributed by atoms with Crippen LogP contribution < -0.4 is 10.2 Å². The summed E-state index contributed by atoms with van der Waals surface area (Å²) in [5.41, 5.74) is 1.42. The maximum Gasteiger partial charge on any atom is 0.321 e. The molecule has 5 nitrogen and oxygen atoms in total. The number of urea groups is 1. The Labute approximate surface area is 118 Å². The summed E-state index contributed by atoms with van der Waals surface area (Å²) in [6.45, 7) is 5.10. The Morgan fingerprint density at radius 3 is 2.75 bits per heavy atom. The van der Waals surface area contributed by atoms with Crippen LogP contribution in [0.2, 0.25) is 0 Å². The molecule has 0 radical (unpaired) electrons. The van der Waals surface area contributed by atoms with Crippen molar-refractivity contribution in [2.75, 3.05) is 18.0 Å². The minimum atomic E-state index is -0.834. The highest BCUT2D eigenvalue weighted by molar-refractivity contribution is 5.95. The van der Waals surface area contributed by atoms with Gasteiger partial charge in [0, 0.05) is 18.8 Å². The molecule has 1 aromatic rings. The van der Waals surface area contributed by atoms with Gasteiger partial charge in [0.15, 0.2) is 0 Å². The summed E-state index contributed by atoms with van der Waals surface area (Å²) in [5.74, 6) is -0.981. The predicted molar refractivity (Wildman–Crippen MR) is 77.0 cm³/mol. The smallest absolute Gasteiger partial charge is 0.321 e. The molecule has 1 aliphatic heterocycles. The quantitative estimate of drug-likeness (QED) is 0.890. The van der Waals surface area contributed by atoms with E-state index in [0.29, 0.717) is 36.7 Å². The molecular formula is C15H20N2O3. The lowest BCUT2D eigenvalue weighted by Crippen LogP contribution is -2.45. The van der Waals surface area contributed by atoms with E-state index in [2.05, 4.69) is 5.32 Å². The number of fused-ring (bicyclic) bond motifs is 1. The molecule has 5 heteroatoms. The molecule has 108 valence electrons. The van der Waals surface area contributed by atoms with Gasteiger partial charge in [-0.25, -0.2) is 4.79 Å². The number of carboxylic acid groups (broad SMARTS) is 1. The Morgan fingerprint density at radius 2 is 2.10 bits per heavy atom. The largest absolute Gasteiger partial charge is 0.481 e. The molecule has 2 rings (SSSR count). The summed E-state index contributed by atoms with van der Waals surface area (Å²) in [6, 6.07) is 7.07. The maximum atomic E-state index is 12.2.